The lowest BCUT2D eigenvalue weighted by Gasteiger charge is -2.35. The van der Waals surface area contributed by atoms with Gasteiger partial charge in [-0.2, -0.15) is 0 Å². The highest BCUT2D eigenvalue weighted by molar-refractivity contribution is 6.37. The molecule has 4 N–H and O–H groups in total. The van der Waals surface area contributed by atoms with Crippen LogP contribution in [-0.4, -0.2) is 65.3 Å². The van der Waals surface area contributed by atoms with E-state index in [2.05, 4.69) is 24.5 Å². The van der Waals surface area contributed by atoms with Crippen LogP contribution in [0, 0.1) is 29.1 Å². The Morgan fingerprint density at radius 3 is 2.23 bits per heavy atom. The number of nitrogens with two attached hydrogens (primary N) is 1. The molecule has 2 unspecified atom stereocenters. The highest BCUT2D eigenvalue weighted by Gasteiger charge is 2.69. The molecule has 4 aliphatic rings. The first-order chi connectivity index (χ1) is 18.9. The Morgan fingerprint density at radius 2 is 1.68 bits per heavy atom. The molecule has 10 heteroatoms. The van der Waals surface area contributed by atoms with Crippen molar-refractivity contribution >= 4 is 29.6 Å². The van der Waals surface area contributed by atoms with Crippen LogP contribution >= 0.6 is 0 Å². The third-order valence-corrected chi connectivity index (χ3v) is 9.34. The van der Waals surface area contributed by atoms with Gasteiger partial charge in [-0.15, -0.1) is 0 Å². The van der Waals surface area contributed by atoms with Gasteiger partial charge in [0.2, 0.25) is 17.6 Å². The first-order valence-corrected chi connectivity index (χ1v) is 14.4. The summed E-state index contributed by atoms with van der Waals surface area (Å²) in [5.74, 6) is -2.59. The van der Waals surface area contributed by atoms with E-state index >= 15 is 0 Å². The Bertz CT molecular complexity index is 1200. The lowest BCUT2D eigenvalue weighted by atomic mass is 9.93. The summed E-state index contributed by atoms with van der Waals surface area (Å²) in [5, 5.41) is 5.61. The maximum Gasteiger partial charge on any atom is 0.408 e. The van der Waals surface area contributed by atoms with Crippen molar-refractivity contribution in [2.45, 2.75) is 84.0 Å². The van der Waals surface area contributed by atoms with Crippen LogP contribution in [0.5, 0.6) is 0 Å². The van der Waals surface area contributed by atoms with Gasteiger partial charge in [0.25, 0.3) is 5.91 Å². The first kappa shape index (κ1) is 28.1. The van der Waals surface area contributed by atoms with Gasteiger partial charge in [0.05, 0.1) is 12.1 Å². The van der Waals surface area contributed by atoms with Crippen LogP contribution < -0.4 is 16.4 Å². The maximum atomic E-state index is 14.2. The second kappa shape index (κ2) is 10.5. The average Bonchev–Trinajstić information content (AvgIpc) is 3.64. The number of carbonyl (C=O) groups excluding carboxylic acids is 5. The SMILES string of the molecule is CC(C)OC(=O)N[C@H](C(=O)N1CC2[C@@H]([C@H]1C(=O)NC(CC1CC1)C(=O)C(N)=O)C2(C)C)C1Cc2ccccc2C1. The fraction of sp³-hybridized carbons (Fsp3) is 0.633. The van der Waals surface area contributed by atoms with Crippen molar-refractivity contribution in [3.63, 3.8) is 0 Å². The summed E-state index contributed by atoms with van der Waals surface area (Å²) in [5.41, 5.74) is 7.41. The normalized spacial score (nSPS) is 25.9. The van der Waals surface area contributed by atoms with E-state index in [9.17, 15) is 24.0 Å². The zero-order valence-corrected chi connectivity index (χ0v) is 23.6. The molecule has 10 nitrogen and oxygen atoms in total. The standard InChI is InChI=1S/C30H40N4O6/c1-15(2)40-29(39)33-23(19-12-17-7-5-6-8-18(17)13-19)28(38)34-14-20-22(30(20,3)4)24(34)27(37)32-21(11-16-9-10-16)25(35)26(31)36/h5-8,15-16,19-24H,9-14H2,1-4H3,(H2,31,36)(H,32,37)(H,33,39)/t20?,21?,22-,23-,24-/m0/s1. The summed E-state index contributed by atoms with van der Waals surface area (Å²) in [6.07, 6.45) is 2.44. The van der Waals surface area contributed by atoms with Crippen LogP contribution in [0.4, 0.5) is 4.79 Å². The number of hydrogen-bond acceptors (Lipinski definition) is 6. The van der Waals surface area contributed by atoms with E-state index in [4.69, 9.17) is 10.5 Å². The van der Waals surface area contributed by atoms with Crippen molar-refractivity contribution in [3.8, 4) is 0 Å². The van der Waals surface area contributed by atoms with Gasteiger partial charge in [-0.1, -0.05) is 51.0 Å². The summed E-state index contributed by atoms with van der Waals surface area (Å²) < 4.78 is 5.33. The van der Waals surface area contributed by atoms with E-state index in [1.165, 1.54) is 0 Å². The van der Waals surface area contributed by atoms with Crippen LogP contribution in [0.2, 0.25) is 0 Å². The van der Waals surface area contributed by atoms with Crippen LogP contribution in [0.3, 0.4) is 0 Å². The van der Waals surface area contributed by atoms with Gasteiger partial charge in [0.15, 0.2) is 0 Å². The van der Waals surface area contributed by atoms with Gasteiger partial charge in [-0.25, -0.2) is 4.79 Å². The van der Waals surface area contributed by atoms with E-state index in [0.29, 0.717) is 25.8 Å². The molecule has 5 atom stereocenters. The molecule has 40 heavy (non-hydrogen) atoms. The summed E-state index contributed by atoms with van der Waals surface area (Å²) in [6, 6.07) is 5.27. The fourth-order valence-corrected chi connectivity index (χ4v) is 6.92. The van der Waals surface area contributed by atoms with Crippen molar-refractivity contribution in [2.75, 3.05) is 6.54 Å². The minimum absolute atomic E-state index is 0.0919. The first-order valence-electron chi connectivity index (χ1n) is 14.4. The molecule has 3 fully saturated rings. The van der Waals surface area contributed by atoms with Gasteiger partial charge in [-0.3, -0.25) is 19.2 Å². The number of fused-ring (bicyclic) bond motifs is 2. The second-order valence-corrected chi connectivity index (χ2v) is 12.9. The molecule has 0 radical (unpaired) electrons. The number of ether oxygens (including phenoxy) is 1. The fourth-order valence-electron chi connectivity index (χ4n) is 6.92. The summed E-state index contributed by atoms with van der Waals surface area (Å²) >= 11 is 0. The molecule has 1 heterocycles. The van der Waals surface area contributed by atoms with Crippen molar-refractivity contribution in [1.29, 1.82) is 0 Å². The van der Waals surface area contributed by atoms with Crippen molar-refractivity contribution in [1.82, 2.24) is 15.5 Å². The number of likely N-dealkylation sites (tertiary alicyclic amines) is 1. The number of ketones is 1. The van der Waals surface area contributed by atoms with Gasteiger partial charge in [0.1, 0.15) is 12.1 Å². The smallest absolute Gasteiger partial charge is 0.408 e. The minimum Gasteiger partial charge on any atom is -0.447 e. The monoisotopic (exact) mass is 552 g/mol. The van der Waals surface area contributed by atoms with Gasteiger partial charge in [-0.05, 0) is 73.3 Å². The molecule has 0 spiro atoms. The number of nitrogens with zero attached hydrogens (tertiary/aromatic N) is 1. The lowest BCUT2D eigenvalue weighted by molar-refractivity contribution is -0.144. The lowest BCUT2D eigenvalue weighted by Crippen LogP contribution is -2.59. The number of benzene rings is 1. The predicted octanol–water partition coefficient (Wildman–Crippen LogP) is 1.73. The molecule has 0 aromatic heterocycles. The quantitative estimate of drug-likeness (QED) is 0.377. The van der Waals surface area contributed by atoms with Crippen molar-refractivity contribution in [2.24, 2.45) is 34.8 Å². The molecule has 1 aliphatic heterocycles. The Morgan fingerprint density at radius 1 is 1.05 bits per heavy atom. The molecule has 4 amide bonds. The van der Waals surface area contributed by atoms with E-state index in [-0.39, 0.29) is 41.1 Å². The molecule has 216 valence electrons. The molecule has 3 aliphatic carbocycles. The predicted molar refractivity (Wildman–Crippen MR) is 146 cm³/mol. The average molecular weight is 553 g/mol. The Labute approximate surface area is 234 Å². The molecule has 2 saturated carbocycles. The number of carbonyl (C=O) groups is 5. The largest absolute Gasteiger partial charge is 0.447 e. The number of Topliss-reactive ketones (excluding diaryl/α,β-unsaturated/α-hetero) is 1. The molecule has 0 bridgehead atoms. The summed E-state index contributed by atoms with van der Waals surface area (Å²) in [6.45, 7) is 8.00. The molecule has 1 aromatic carbocycles. The minimum atomic E-state index is -1.08. The Kier molecular flexibility index (Phi) is 7.39. The van der Waals surface area contributed by atoms with Crippen LogP contribution in [0.15, 0.2) is 24.3 Å². The van der Waals surface area contributed by atoms with Gasteiger partial charge in [0, 0.05) is 6.54 Å². The van der Waals surface area contributed by atoms with Crippen molar-refractivity contribution in [3.05, 3.63) is 35.4 Å². The zero-order valence-electron chi connectivity index (χ0n) is 23.6. The third kappa shape index (κ3) is 5.45. The van der Waals surface area contributed by atoms with Crippen LogP contribution in [0.25, 0.3) is 0 Å². The van der Waals surface area contributed by atoms with Crippen molar-refractivity contribution < 1.29 is 28.7 Å². The molecular weight excluding hydrogens is 512 g/mol. The topological polar surface area (TPSA) is 148 Å². The van der Waals surface area contributed by atoms with E-state index in [0.717, 1.165) is 24.0 Å². The van der Waals surface area contributed by atoms with E-state index in [1.807, 2.05) is 24.3 Å². The molecule has 1 aromatic rings. The van der Waals surface area contributed by atoms with Crippen LogP contribution in [-0.2, 0) is 36.8 Å². The molecule has 1 saturated heterocycles. The second-order valence-electron chi connectivity index (χ2n) is 12.9. The molecule has 5 rings (SSSR count). The highest BCUT2D eigenvalue weighted by atomic mass is 16.6. The summed E-state index contributed by atoms with van der Waals surface area (Å²) in [4.78, 5) is 66.6. The zero-order chi connectivity index (χ0) is 28.9. The number of amides is 4. The Balaban J connectivity index is 1.39. The number of rotatable bonds is 10. The number of alkyl carbamates (subject to hydrolysis) is 1. The van der Waals surface area contributed by atoms with E-state index < -0.39 is 41.8 Å². The number of piperidine rings is 1. The third-order valence-electron chi connectivity index (χ3n) is 9.34. The van der Waals surface area contributed by atoms with Crippen LogP contribution in [0.1, 0.15) is 58.1 Å². The number of primary amides is 1. The van der Waals surface area contributed by atoms with E-state index in [1.54, 1.807) is 18.7 Å². The number of nitrogens with one attached hydrogen (secondary N) is 2. The summed E-state index contributed by atoms with van der Waals surface area (Å²) in [7, 11) is 0. The maximum absolute atomic E-state index is 14.2. The highest BCUT2D eigenvalue weighted by Crippen LogP contribution is 2.65. The Hall–Kier alpha value is -3.43. The number of hydrogen-bond donors (Lipinski definition) is 3. The molecular formula is C30H40N4O6. The van der Waals surface area contributed by atoms with Gasteiger partial charge >= 0.3 is 6.09 Å². The van der Waals surface area contributed by atoms with Gasteiger partial charge < -0.3 is 26.0 Å².